The van der Waals surface area contributed by atoms with Gasteiger partial charge in [-0.15, -0.1) is 0 Å². The van der Waals surface area contributed by atoms with Gasteiger partial charge < -0.3 is 9.73 Å². The predicted octanol–water partition coefficient (Wildman–Crippen LogP) is 5.09. The van der Waals surface area contributed by atoms with Crippen molar-refractivity contribution < 1.29 is 9.21 Å². The van der Waals surface area contributed by atoms with Gasteiger partial charge in [-0.1, -0.05) is 43.0 Å². The summed E-state index contributed by atoms with van der Waals surface area (Å²) < 4.78 is 5.72. The second-order valence-corrected chi connectivity index (χ2v) is 8.57. The third-order valence-electron chi connectivity index (χ3n) is 6.45. The maximum atomic E-state index is 13.4. The maximum absolute atomic E-state index is 13.4. The van der Waals surface area contributed by atoms with Gasteiger partial charge >= 0.3 is 0 Å². The van der Waals surface area contributed by atoms with E-state index in [1.165, 1.54) is 19.3 Å². The lowest BCUT2D eigenvalue weighted by Crippen LogP contribution is -2.46. The topological polar surface area (TPSA) is 45.5 Å². The molecule has 2 aliphatic rings. The average Bonchev–Trinajstić information content (AvgIpc) is 3.42. The zero-order chi connectivity index (χ0) is 19.4. The van der Waals surface area contributed by atoms with Crippen LogP contribution in [0.15, 0.2) is 47.1 Å². The fourth-order valence-corrected chi connectivity index (χ4v) is 5.00. The molecule has 2 fully saturated rings. The van der Waals surface area contributed by atoms with Crippen LogP contribution in [0.3, 0.4) is 0 Å². The Kier molecular flexibility index (Phi) is 6.07. The second kappa shape index (κ2) is 8.71. The van der Waals surface area contributed by atoms with Crippen LogP contribution in [0.4, 0.5) is 0 Å². The van der Waals surface area contributed by atoms with Crippen molar-refractivity contribution in [1.82, 2.24) is 10.2 Å². The van der Waals surface area contributed by atoms with Crippen molar-refractivity contribution in [3.8, 4) is 0 Å². The minimum atomic E-state index is -0.430. The molecule has 1 aliphatic carbocycles. The number of carbonyl (C=O) groups is 1. The number of benzene rings is 1. The van der Waals surface area contributed by atoms with Crippen molar-refractivity contribution in [1.29, 1.82) is 0 Å². The Morgan fingerprint density at radius 1 is 1.07 bits per heavy atom. The smallest absolute Gasteiger partial charge is 0.230 e. The lowest BCUT2D eigenvalue weighted by Gasteiger charge is -2.35. The van der Waals surface area contributed by atoms with Gasteiger partial charge in [-0.05, 0) is 68.6 Å². The number of piperidine rings is 1. The van der Waals surface area contributed by atoms with Crippen molar-refractivity contribution in [2.45, 2.75) is 56.4 Å². The predicted molar refractivity (Wildman–Crippen MR) is 111 cm³/mol. The molecule has 1 N–H and O–H groups in total. The van der Waals surface area contributed by atoms with Crippen LogP contribution in [0.5, 0.6) is 0 Å². The van der Waals surface area contributed by atoms with Crippen LogP contribution in [-0.2, 0) is 10.2 Å². The molecule has 0 bridgehead atoms. The molecule has 0 spiro atoms. The molecule has 5 heteroatoms. The Morgan fingerprint density at radius 3 is 2.43 bits per heavy atom. The van der Waals surface area contributed by atoms with Gasteiger partial charge in [-0.25, -0.2) is 0 Å². The molecule has 1 saturated heterocycles. The molecule has 2 aromatic rings. The number of likely N-dealkylation sites (tertiary alicyclic amines) is 1. The van der Waals surface area contributed by atoms with Gasteiger partial charge in [0.1, 0.15) is 5.76 Å². The lowest BCUT2D eigenvalue weighted by molar-refractivity contribution is -0.127. The molecule has 1 atom stereocenters. The molecule has 1 aromatic carbocycles. The van der Waals surface area contributed by atoms with Crippen LogP contribution in [-0.4, -0.2) is 30.4 Å². The number of rotatable bonds is 6. The third kappa shape index (κ3) is 3.99. The zero-order valence-corrected chi connectivity index (χ0v) is 17.1. The van der Waals surface area contributed by atoms with E-state index in [0.29, 0.717) is 11.6 Å². The Hall–Kier alpha value is -1.78. The van der Waals surface area contributed by atoms with Gasteiger partial charge in [0.2, 0.25) is 5.91 Å². The lowest BCUT2D eigenvalue weighted by atomic mass is 9.78. The fourth-order valence-electron chi connectivity index (χ4n) is 4.87. The van der Waals surface area contributed by atoms with Crippen molar-refractivity contribution in [2.75, 3.05) is 19.6 Å². The Bertz CT molecular complexity index is 760. The van der Waals surface area contributed by atoms with Gasteiger partial charge in [0.15, 0.2) is 0 Å². The van der Waals surface area contributed by atoms with Gasteiger partial charge in [0.05, 0.1) is 17.7 Å². The van der Waals surface area contributed by atoms with E-state index in [2.05, 4.69) is 10.2 Å². The minimum absolute atomic E-state index is 0.0999. The second-order valence-electron chi connectivity index (χ2n) is 8.13. The van der Waals surface area contributed by atoms with E-state index in [1.54, 1.807) is 6.26 Å². The summed E-state index contributed by atoms with van der Waals surface area (Å²) in [6.07, 6.45) is 9.40. The van der Waals surface area contributed by atoms with E-state index in [1.807, 2.05) is 36.4 Å². The summed E-state index contributed by atoms with van der Waals surface area (Å²) in [5, 5.41) is 4.00. The van der Waals surface area contributed by atoms with Crippen LogP contribution >= 0.6 is 11.6 Å². The standard InChI is InChI=1S/C23H29ClN2O2/c24-19-10-8-18(9-11-19)23(12-2-3-13-23)22(27)25-17-20(21-7-6-16-28-21)26-14-4-1-5-15-26/h6-11,16,20H,1-5,12-15,17H2,(H,25,27). The normalized spacial score (nSPS) is 20.8. The number of halogens is 1. The molecule has 1 aromatic heterocycles. The number of nitrogens with one attached hydrogen (secondary N) is 1. The number of amides is 1. The van der Waals surface area contributed by atoms with E-state index < -0.39 is 5.41 Å². The first-order chi connectivity index (χ1) is 13.7. The molecule has 4 rings (SSSR count). The van der Waals surface area contributed by atoms with Crippen molar-refractivity contribution in [3.63, 3.8) is 0 Å². The molecule has 1 amide bonds. The summed E-state index contributed by atoms with van der Waals surface area (Å²) in [5.41, 5.74) is 0.652. The molecular weight excluding hydrogens is 372 g/mol. The molecule has 4 nitrogen and oxygen atoms in total. The van der Waals surface area contributed by atoms with Crippen LogP contribution in [0.25, 0.3) is 0 Å². The Balaban J connectivity index is 1.51. The number of carbonyl (C=O) groups excluding carboxylic acids is 1. The van der Waals surface area contributed by atoms with Crippen molar-refractivity contribution in [3.05, 3.63) is 59.0 Å². The SMILES string of the molecule is O=C(NCC(c1ccco1)N1CCCCC1)C1(c2ccc(Cl)cc2)CCCC1. The highest BCUT2D eigenvalue weighted by Gasteiger charge is 2.43. The van der Waals surface area contributed by atoms with Gasteiger partial charge in [-0.2, -0.15) is 0 Å². The summed E-state index contributed by atoms with van der Waals surface area (Å²) in [7, 11) is 0. The third-order valence-corrected chi connectivity index (χ3v) is 6.70. The first-order valence-electron chi connectivity index (χ1n) is 10.5. The highest BCUT2D eigenvalue weighted by atomic mass is 35.5. The monoisotopic (exact) mass is 400 g/mol. The van der Waals surface area contributed by atoms with Crippen LogP contribution in [0.2, 0.25) is 5.02 Å². The maximum Gasteiger partial charge on any atom is 0.230 e. The van der Waals surface area contributed by atoms with Crippen molar-refractivity contribution >= 4 is 17.5 Å². The number of hydrogen-bond acceptors (Lipinski definition) is 3. The summed E-state index contributed by atoms with van der Waals surface area (Å²) in [5.74, 6) is 1.08. The number of furan rings is 1. The summed E-state index contributed by atoms with van der Waals surface area (Å²) in [4.78, 5) is 15.9. The fraction of sp³-hybridized carbons (Fsp3) is 0.522. The zero-order valence-electron chi connectivity index (χ0n) is 16.3. The van der Waals surface area contributed by atoms with Crippen LogP contribution in [0, 0.1) is 0 Å². The Morgan fingerprint density at radius 2 is 1.79 bits per heavy atom. The highest BCUT2D eigenvalue weighted by Crippen LogP contribution is 2.42. The van der Waals surface area contributed by atoms with E-state index in [-0.39, 0.29) is 11.9 Å². The summed E-state index contributed by atoms with van der Waals surface area (Å²) >= 11 is 6.07. The quantitative estimate of drug-likeness (QED) is 0.734. The van der Waals surface area contributed by atoms with Gasteiger partial charge in [-0.3, -0.25) is 9.69 Å². The highest BCUT2D eigenvalue weighted by molar-refractivity contribution is 6.30. The molecule has 28 heavy (non-hydrogen) atoms. The van der Waals surface area contributed by atoms with Crippen LogP contribution < -0.4 is 5.32 Å². The van der Waals surface area contributed by atoms with E-state index >= 15 is 0 Å². The average molecular weight is 401 g/mol. The Labute approximate surface area is 172 Å². The first-order valence-corrected chi connectivity index (χ1v) is 10.9. The molecule has 0 radical (unpaired) electrons. The van der Waals surface area contributed by atoms with Gasteiger partial charge in [0, 0.05) is 11.6 Å². The molecule has 1 saturated carbocycles. The summed E-state index contributed by atoms with van der Waals surface area (Å²) in [6, 6.07) is 11.9. The van der Waals surface area contributed by atoms with E-state index in [0.717, 1.165) is 50.1 Å². The molecule has 2 heterocycles. The number of hydrogen-bond donors (Lipinski definition) is 1. The summed E-state index contributed by atoms with van der Waals surface area (Å²) in [6.45, 7) is 2.70. The van der Waals surface area contributed by atoms with Gasteiger partial charge in [0.25, 0.3) is 0 Å². The van der Waals surface area contributed by atoms with Crippen molar-refractivity contribution in [2.24, 2.45) is 0 Å². The van der Waals surface area contributed by atoms with Crippen LogP contribution in [0.1, 0.15) is 62.3 Å². The molecule has 1 aliphatic heterocycles. The largest absolute Gasteiger partial charge is 0.468 e. The molecular formula is C23H29ClN2O2. The molecule has 1 unspecified atom stereocenters. The number of nitrogens with zero attached hydrogens (tertiary/aromatic N) is 1. The van der Waals surface area contributed by atoms with E-state index in [4.69, 9.17) is 16.0 Å². The van der Waals surface area contributed by atoms with E-state index in [9.17, 15) is 4.79 Å². The minimum Gasteiger partial charge on any atom is -0.468 e. The first kappa shape index (κ1) is 19.5. The molecule has 150 valence electrons.